The zero-order valence-electron chi connectivity index (χ0n) is 12.5. The average molecular weight is 324 g/mol. The Labute approximate surface area is 138 Å². The fraction of sp³-hybridized carbons (Fsp3) is 0.176. The highest BCUT2D eigenvalue weighted by atomic mass is 35.5. The van der Waals surface area contributed by atoms with E-state index in [-0.39, 0.29) is 6.04 Å². The van der Waals surface area contributed by atoms with Crippen LogP contribution in [0.25, 0.3) is 0 Å². The molecule has 6 heteroatoms. The molecule has 2 aromatic carbocycles. The van der Waals surface area contributed by atoms with Crippen LogP contribution < -0.4 is 0 Å². The van der Waals surface area contributed by atoms with E-state index in [9.17, 15) is 0 Å². The van der Waals surface area contributed by atoms with Gasteiger partial charge >= 0.3 is 0 Å². The molecule has 0 radical (unpaired) electrons. The predicted octanol–water partition coefficient (Wildman–Crippen LogP) is 3.75. The van der Waals surface area contributed by atoms with E-state index < -0.39 is 0 Å². The molecule has 0 saturated carbocycles. The normalized spacial score (nSPS) is 16.8. The van der Waals surface area contributed by atoms with Crippen LogP contribution in [-0.2, 0) is 0 Å². The lowest BCUT2D eigenvalue weighted by atomic mass is 9.96. The van der Waals surface area contributed by atoms with Gasteiger partial charge in [-0.05, 0) is 40.6 Å². The molecule has 0 spiro atoms. The summed E-state index contributed by atoms with van der Waals surface area (Å²) in [5.74, 6) is 0.534. The summed E-state index contributed by atoms with van der Waals surface area (Å²) in [6.45, 7) is 2.07. The molecule has 1 aliphatic heterocycles. The number of hydrogen-bond acceptors (Lipinski definition) is 4. The number of benzene rings is 2. The number of tetrazole rings is 1. The Balaban J connectivity index is 1.77. The van der Waals surface area contributed by atoms with Crippen molar-refractivity contribution in [1.82, 2.24) is 20.2 Å². The van der Waals surface area contributed by atoms with Crippen molar-refractivity contribution in [3.05, 3.63) is 70.2 Å². The monoisotopic (exact) mass is 323 g/mol. The van der Waals surface area contributed by atoms with E-state index in [4.69, 9.17) is 11.6 Å². The summed E-state index contributed by atoms with van der Waals surface area (Å²) in [6.07, 6.45) is 0.739. The number of nitrogens with zero attached hydrogens (tertiary/aromatic N) is 5. The van der Waals surface area contributed by atoms with Crippen molar-refractivity contribution in [3.63, 3.8) is 0 Å². The van der Waals surface area contributed by atoms with Crippen LogP contribution in [0, 0.1) is 6.92 Å². The highest BCUT2D eigenvalue weighted by Gasteiger charge is 2.26. The molecule has 0 aliphatic carbocycles. The molecule has 1 atom stereocenters. The summed E-state index contributed by atoms with van der Waals surface area (Å²) in [7, 11) is 0. The van der Waals surface area contributed by atoms with Crippen LogP contribution in [0.4, 0.5) is 5.95 Å². The number of aromatic nitrogens is 4. The largest absolute Gasteiger partial charge is 0.269 e. The first-order valence-corrected chi connectivity index (χ1v) is 7.76. The second-order valence-electron chi connectivity index (χ2n) is 5.62. The highest BCUT2D eigenvalue weighted by molar-refractivity contribution is 6.30. The molecule has 0 bridgehead atoms. The third-order valence-electron chi connectivity index (χ3n) is 4.03. The first-order chi connectivity index (χ1) is 11.2. The van der Waals surface area contributed by atoms with Crippen LogP contribution in [0.5, 0.6) is 0 Å². The molecule has 23 heavy (non-hydrogen) atoms. The molecular weight excluding hydrogens is 310 g/mol. The average Bonchev–Trinajstić information content (AvgIpc) is 3.04. The van der Waals surface area contributed by atoms with Gasteiger partial charge in [0.15, 0.2) is 0 Å². The van der Waals surface area contributed by atoms with E-state index in [1.54, 1.807) is 4.68 Å². The van der Waals surface area contributed by atoms with E-state index in [0.717, 1.165) is 23.3 Å². The Morgan fingerprint density at radius 1 is 1.04 bits per heavy atom. The van der Waals surface area contributed by atoms with Gasteiger partial charge in [-0.15, -0.1) is 0 Å². The molecule has 1 unspecified atom stereocenters. The predicted molar refractivity (Wildman–Crippen MR) is 89.4 cm³/mol. The van der Waals surface area contributed by atoms with Gasteiger partial charge in [0.25, 0.3) is 5.95 Å². The maximum Gasteiger partial charge on any atom is 0.269 e. The SMILES string of the molecule is Cc1ccc(C2=Nc3nnnn3C(c3ccc(Cl)cc3)C2)cc1. The van der Waals surface area contributed by atoms with Crippen molar-refractivity contribution in [2.24, 2.45) is 4.99 Å². The van der Waals surface area contributed by atoms with Crippen LogP contribution in [0.15, 0.2) is 53.5 Å². The molecule has 114 valence electrons. The lowest BCUT2D eigenvalue weighted by Crippen LogP contribution is -2.21. The van der Waals surface area contributed by atoms with Gasteiger partial charge in [0, 0.05) is 11.4 Å². The van der Waals surface area contributed by atoms with Crippen molar-refractivity contribution in [2.75, 3.05) is 0 Å². The Morgan fingerprint density at radius 3 is 2.52 bits per heavy atom. The second kappa shape index (κ2) is 5.59. The molecule has 0 N–H and O–H groups in total. The van der Waals surface area contributed by atoms with Crippen LogP contribution in [0.3, 0.4) is 0 Å². The zero-order chi connectivity index (χ0) is 15.8. The van der Waals surface area contributed by atoms with Crippen LogP contribution in [-0.4, -0.2) is 25.9 Å². The van der Waals surface area contributed by atoms with Gasteiger partial charge in [-0.2, -0.15) is 0 Å². The summed E-state index contributed by atoms with van der Waals surface area (Å²) in [6, 6.07) is 16.2. The van der Waals surface area contributed by atoms with E-state index in [0.29, 0.717) is 11.0 Å². The van der Waals surface area contributed by atoms with Crippen molar-refractivity contribution in [2.45, 2.75) is 19.4 Å². The highest BCUT2D eigenvalue weighted by Crippen LogP contribution is 2.32. The van der Waals surface area contributed by atoms with Gasteiger partial charge in [-0.25, -0.2) is 9.67 Å². The van der Waals surface area contributed by atoms with Crippen molar-refractivity contribution >= 4 is 23.3 Å². The van der Waals surface area contributed by atoms with E-state index >= 15 is 0 Å². The molecule has 2 heterocycles. The summed E-state index contributed by atoms with van der Waals surface area (Å²) in [4.78, 5) is 4.62. The summed E-state index contributed by atoms with van der Waals surface area (Å²) in [5, 5.41) is 12.6. The van der Waals surface area contributed by atoms with Gasteiger partial charge < -0.3 is 0 Å². The molecule has 0 fully saturated rings. The van der Waals surface area contributed by atoms with Gasteiger partial charge in [0.2, 0.25) is 0 Å². The number of halogens is 1. The van der Waals surface area contributed by atoms with Crippen LogP contribution in [0.2, 0.25) is 5.02 Å². The minimum absolute atomic E-state index is 0.0195. The number of hydrogen-bond donors (Lipinski definition) is 0. The van der Waals surface area contributed by atoms with Gasteiger partial charge in [-0.1, -0.05) is 58.7 Å². The first-order valence-electron chi connectivity index (χ1n) is 7.38. The van der Waals surface area contributed by atoms with Crippen LogP contribution in [0.1, 0.15) is 29.2 Å². The fourth-order valence-electron chi connectivity index (χ4n) is 2.77. The maximum atomic E-state index is 6.00. The van der Waals surface area contributed by atoms with E-state index in [1.165, 1.54) is 5.56 Å². The zero-order valence-corrected chi connectivity index (χ0v) is 13.3. The lowest BCUT2D eigenvalue weighted by molar-refractivity contribution is 0.515. The number of aryl methyl sites for hydroxylation is 1. The van der Waals surface area contributed by atoms with Gasteiger partial charge in [0.1, 0.15) is 0 Å². The van der Waals surface area contributed by atoms with Crippen molar-refractivity contribution in [1.29, 1.82) is 0 Å². The Morgan fingerprint density at radius 2 is 1.78 bits per heavy atom. The van der Waals surface area contributed by atoms with Crippen molar-refractivity contribution < 1.29 is 0 Å². The van der Waals surface area contributed by atoms with E-state index in [1.807, 2.05) is 24.3 Å². The molecule has 1 aliphatic rings. The minimum Gasteiger partial charge on any atom is -0.214 e. The summed E-state index contributed by atoms with van der Waals surface area (Å²) >= 11 is 6.00. The molecule has 0 amide bonds. The molecule has 3 aromatic rings. The third kappa shape index (κ3) is 2.64. The third-order valence-corrected chi connectivity index (χ3v) is 4.28. The Kier molecular flexibility index (Phi) is 3.42. The number of fused-ring (bicyclic) bond motifs is 1. The molecule has 0 saturated heterocycles. The Hall–Kier alpha value is -2.53. The second-order valence-corrected chi connectivity index (χ2v) is 6.06. The molecule has 5 nitrogen and oxygen atoms in total. The van der Waals surface area contributed by atoms with Crippen molar-refractivity contribution in [3.8, 4) is 0 Å². The van der Waals surface area contributed by atoms with Gasteiger partial charge in [0.05, 0.1) is 11.8 Å². The smallest absolute Gasteiger partial charge is 0.214 e. The fourth-order valence-corrected chi connectivity index (χ4v) is 2.90. The maximum absolute atomic E-state index is 6.00. The quantitative estimate of drug-likeness (QED) is 0.721. The number of rotatable bonds is 2. The topological polar surface area (TPSA) is 56.0 Å². The standard InChI is InChI=1S/C17H14ClN5/c1-11-2-4-12(5-3-11)15-10-16(13-6-8-14(18)9-7-13)23-17(19-15)20-21-22-23/h2-9,16H,10H2,1H3. The minimum atomic E-state index is 0.0195. The van der Waals surface area contributed by atoms with E-state index in [2.05, 4.69) is 51.7 Å². The Bertz CT molecular complexity index is 865. The lowest BCUT2D eigenvalue weighted by Gasteiger charge is -2.23. The van der Waals surface area contributed by atoms with Gasteiger partial charge in [-0.3, -0.25) is 0 Å². The summed E-state index contributed by atoms with van der Waals surface area (Å²) < 4.78 is 1.76. The summed E-state index contributed by atoms with van der Waals surface area (Å²) in [5.41, 5.74) is 4.43. The first kappa shape index (κ1) is 14.1. The molecule has 4 rings (SSSR count). The van der Waals surface area contributed by atoms with Crippen LogP contribution >= 0.6 is 11.6 Å². The molecule has 1 aromatic heterocycles. The number of aliphatic imine (C=N–C) groups is 1. The molecular formula is C17H14ClN5.